The van der Waals surface area contributed by atoms with Gasteiger partial charge < -0.3 is 19.3 Å². The summed E-state index contributed by atoms with van der Waals surface area (Å²) >= 11 is 0. The number of hydrogen-bond donors (Lipinski definition) is 1. The van der Waals surface area contributed by atoms with E-state index in [4.69, 9.17) is 9.47 Å². The molecule has 1 N–H and O–H groups in total. The number of anilines is 2. The molecule has 0 aliphatic carbocycles. The minimum Gasteiger partial charge on any atom is -0.457 e. The molecule has 13 nitrogen and oxygen atoms in total. The number of halogens is 1. The average molecular weight is 630 g/mol. The number of carbonyl (C=O) groups excluding carboxylic acids is 4. The first kappa shape index (κ1) is 32.5. The Morgan fingerprint density at radius 3 is 2.36 bits per heavy atom. The number of ether oxygens (including phenoxy) is 2. The highest BCUT2D eigenvalue weighted by molar-refractivity contribution is 6.09. The van der Waals surface area contributed by atoms with Crippen molar-refractivity contribution in [2.75, 3.05) is 62.2 Å². The van der Waals surface area contributed by atoms with Crippen LogP contribution in [-0.4, -0.2) is 108 Å². The summed E-state index contributed by atoms with van der Waals surface area (Å²) in [5.41, 5.74) is 0.338. The second-order valence-corrected chi connectivity index (χ2v) is 13.1. The van der Waals surface area contributed by atoms with Gasteiger partial charge in [0.15, 0.2) is 18.2 Å². The van der Waals surface area contributed by atoms with Crippen LogP contribution in [0.2, 0.25) is 0 Å². The molecule has 0 bridgehead atoms. The number of likely N-dealkylation sites (tertiary alicyclic amines) is 2. The average Bonchev–Trinajstić information content (AvgIpc) is 3.28. The first-order valence-electron chi connectivity index (χ1n) is 15.7. The number of rotatable bonds is 5. The molecule has 5 heterocycles. The first-order valence-corrected chi connectivity index (χ1v) is 15.7. The van der Waals surface area contributed by atoms with Crippen LogP contribution in [0.4, 0.5) is 25.5 Å². The van der Waals surface area contributed by atoms with Gasteiger partial charge in [-0.05, 0) is 45.7 Å². The van der Waals surface area contributed by atoms with Gasteiger partial charge in [0, 0.05) is 76.1 Å². The van der Waals surface area contributed by atoms with Crippen molar-refractivity contribution in [1.29, 1.82) is 0 Å². The summed E-state index contributed by atoms with van der Waals surface area (Å²) in [6.45, 7) is 13.6. The Kier molecular flexibility index (Phi) is 8.98. The molecule has 4 fully saturated rings. The van der Waals surface area contributed by atoms with E-state index in [1.807, 2.05) is 18.7 Å². The van der Waals surface area contributed by atoms with Crippen LogP contribution in [0.3, 0.4) is 0 Å². The number of imide groups is 1. The minimum absolute atomic E-state index is 0.126. The highest BCUT2D eigenvalue weighted by Gasteiger charge is 2.54. The number of hydrogen-bond acceptors (Lipinski definition) is 9. The molecule has 2 aromatic rings. The first-order chi connectivity index (χ1) is 21.3. The fourth-order valence-electron chi connectivity index (χ4n) is 6.71. The van der Waals surface area contributed by atoms with Crippen molar-refractivity contribution in [3.05, 3.63) is 17.9 Å². The van der Waals surface area contributed by atoms with Crippen LogP contribution in [0.5, 0.6) is 0 Å². The lowest BCUT2D eigenvalue weighted by molar-refractivity contribution is -0.158. The quantitative estimate of drug-likeness (QED) is 0.496. The summed E-state index contributed by atoms with van der Waals surface area (Å²) in [7, 11) is 1.65. The maximum atomic E-state index is 15.8. The number of nitrogens with zero attached hydrogens (tertiary/aromatic N) is 6. The molecule has 0 unspecified atom stereocenters. The van der Waals surface area contributed by atoms with Crippen molar-refractivity contribution in [3.63, 3.8) is 0 Å². The number of carbonyl (C=O) groups is 4. The Morgan fingerprint density at radius 1 is 1.07 bits per heavy atom. The van der Waals surface area contributed by atoms with Gasteiger partial charge in [0.25, 0.3) is 0 Å². The van der Waals surface area contributed by atoms with Gasteiger partial charge in [0.1, 0.15) is 11.1 Å². The van der Waals surface area contributed by atoms with E-state index in [1.165, 1.54) is 9.58 Å². The fraction of sp³-hybridized carbons (Fsp3) is 0.645. The van der Waals surface area contributed by atoms with Crippen molar-refractivity contribution in [3.8, 4) is 0 Å². The van der Waals surface area contributed by atoms with E-state index >= 15 is 4.39 Å². The van der Waals surface area contributed by atoms with Crippen molar-refractivity contribution in [2.24, 2.45) is 12.5 Å². The molecule has 246 valence electrons. The van der Waals surface area contributed by atoms with E-state index in [-0.39, 0.29) is 30.1 Å². The number of urea groups is 1. The van der Waals surface area contributed by atoms with Gasteiger partial charge in [0.05, 0.1) is 5.69 Å². The number of amides is 4. The van der Waals surface area contributed by atoms with E-state index in [1.54, 1.807) is 44.9 Å². The number of aromatic nitrogens is 2. The van der Waals surface area contributed by atoms with Crippen LogP contribution in [0, 0.1) is 11.2 Å². The summed E-state index contributed by atoms with van der Waals surface area (Å²) < 4.78 is 27.6. The third kappa shape index (κ3) is 6.56. The highest BCUT2D eigenvalue weighted by atomic mass is 19.1. The normalized spacial score (nSPS) is 20.3. The Labute approximate surface area is 262 Å². The molecular weight excluding hydrogens is 585 g/mol. The van der Waals surface area contributed by atoms with Crippen molar-refractivity contribution in [1.82, 2.24) is 24.9 Å². The molecule has 1 aromatic heterocycles. The summed E-state index contributed by atoms with van der Waals surface area (Å²) in [4.78, 5) is 55.7. The van der Waals surface area contributed by atoms with Crippen LogP contribution >= 0.6 is 0 Å². The second-order valence-electron chi connectivity index (χ2n) is 13.1. The number of aryl methyl sites for hydroxylation is 1. The Morgan fingerprint density at radius 2 is 1.73 bits per heavy atom. The van der Waals surface area contributed by atoms with Gasteiger partial charge in [0.2, 0.25) is 5.91 Å². The van der Waals surface area contributed by atoms with Crippen molar-refractivity contribution >= 4 is 46.4 Å². The lowest BCUT2D eigenvalue weighted by Crippen LogP contribution is -2.74. The number of esters is 1. The molecule has 4 saturated heterocycles. The van der Waals surface area contributed by atoms with E-state index in [2.05, 4.69) is 15.3 Å². The molecule has 4 aliphatic rings. The summed E-state index contributed by atoms with van der Waals surface area (Å²) in [5.74, 6) is -0.931. The SMILES string of the molecule is CC.Cn1nc(N2CCC(=O)NC2=O)c2ccc(N3CC4(C3)CN(C3CCN(C(=O)OCC(=O)OC(C)(C)C)CC3)C4)c(F)c21. The number of fused-ring (bicyclic) bond motifs is 1. The molecule has 4 amide bonds. The summed E-state index contributed by atoms with van der Waals surface area (Å²) in [6, 6.07) is 3.36. The molecule has 4 aliphatic heterocycles. The molecule has 6 rings (SSSR count). The van der Waals surface area contributed by atoms with Gasteiger partial charge in [-0.15, -0.1) is 0 Å². The van der Waals surface area contributed by atoms with E-state index in [0.717, 1.165) is 39.0 Å². The number of nitrogens with one attached hydrogen (secondary N) is 1. The fourth-order valence-corrected chi connectivity index (χ4v) is 6.71. The van der Waals surface area contributed by atoms with Gasteiger partial charge in [-0.25, -0.2) is 18.8 Å². The molecular formula is C31H44FN7O6. The zero-order valence-corrected chi connectivity index (χ0v) is 27.0. The predicted molar refractivity (Wildman–Crippen MR) is 166 cm³/mol. The number of benzene rings is 1. The molecule has 14 heteroatoms. The van der Waals surface area contributed by atoms with Crippen LogP contribution in [0.1, 0.15) is 53.9 Å². The third-order valence-electron chi connectivity index (χ3n) is 8.66. The maximum Gasteiger partial charge on any atom is 0.410 e. The van der Waals surface area contributed by atoms with Gasteiger partial charge in [-0.1, -0.05) is 13.8 Å². The molecule has 45 heavy (non-hydrogen) atoms. The monoisotopic (exact) mass is 629 g/mol. The standard InChI is InChI=1S/C29H38FN7O6.C2H6/c1-28(2,3)43-22(39)13-42-27(41)34-10-7-18(8-11-34)35-14-29(15-35)16-36(17-29)20-6-5-19-24(23(20)30)33(4)32-25(19)37-12-9-21(38)31-26(37)40;1-2/h5-6,18H,7-17H2,1-4H3,(H,31,38,40);1-2H3. The van der Waals surface area contributed by atoms with Crippen molar-refractivity contribution in [2.45, 2.75) is 65.5 Å². The van der Waals surface area contributed by atoms with Crippen LogP contribution in [0.25, 0.3) is 10.9 Å². The van der Waals surface area contributed by atoms with Crippen LogP contribution in [0.15, 0.2) is 12.1 Å². The van der Waals surface area contributed by atoms with Crippen molar-refractivity contribution < 1.29 is 33.0 Å². The molecule has 0 saturated carbocycles. The number of piperidine rings is 1. The van der Waals surface area contributed by atoms with Gasteiger partial charge in [-0.3, -0.25) is 24.6 Å². The highest BCUT2D eigenvalue weighted by Crippen LogP contribution is 2.45. The predicted octanol–water partition coefficient (Wildman–Crippen LogP) is 3.25. The van der Waals surface area contributed by atoms with E-state index in [9.17, 15) is 19.2 Å². The zero-order valence-electron chi connectivity index (χ0n) is 27.0. The molecule has 1 spiro atoms. The minimum atomic E-state index is -0.628. The Bertz CT molecular complexity index is 1460. The van der Waals surface area contributed by atoms with E-state index in [0.29, 0.717) is 41.5 Å². The topological polar surface area (TPSA) is 130 Å². The molecule has 0 radical (unpaired) electrons. The summed E-state index contributed by atoms with van der Waals surface area (Å²) in [5, 5.41) is 7.23. The second kappa shape index (κ2) is 12.5. The smallest absolute Gasteiger partial charge is 0.410 e. The summed E-state index contributed by atoms with van der Waals surface area (Å²) in [6.07, 6.45) is 1.34. The van der Waals surface area contributed by atoms with Gasteiger partial charge >= 0.3 is 18.1 Å². The largest absolute Gasteiger partial charge is 0.457 e. The third-order valence-corrected chi connectivity index (χ3v) is 8.66. The lowest BCUT2D eigenvalue weighted by Gasteiger charge is -2.63. The Hall–Kier alpha value is -3.94. The van der Waals surface area contributed by atoms with Crippen LogP contribution in [-0.2, 0) is 26.1 Å². The molecule has 0 atom stereocenters. The maximum absolute atomic E-state index is 15.8. The van der Waals surface area contributed by atoms with E-state index < -0.39 is 30.3 Å². The Balaban J connectivity index is 0.00000196. The molecule has 1 aromatic carbocycles. The lowest BCUT2D eigenvalue weighted by atomic mass is 9.71. The van der Waals surface area contributed by atoms with Gasteiger partial charge in [-0.2, -0.15) is 5.10 Å². The zero-order chi connectivity index (χ0) is 32.7. The van der Waals surface area contributed by atoms with Crippen LogP contribution < -0.4 is 15.1 Å².